The summed E-state index contributed by atoms with van der Waals surface area (Å²) in [5.74, 6) is -0.798. The highest BCUT2D eigenvalue weighted by Crippen LogP contribution is 2.06. The van der Waals surface area contributed by atoms with Gasteiger partial charge in [0, 0.05) is 18.8 Å². The first kappa shape index (κ1) is 19.3. The Morgan fingerprint density at radius 3 is 2.46 bits per heavy atom. The maximum Gasteiger partial charge on any atom is 0.331 e. The molecule has 3 aromatic rings. The van der Waals surface area contributed by atoms with Crippen molar-refractivity contribution in [3.05, 3.63) is 104 Å². The molecule has 1 N–H and O–H groups in total. The lowest BCUT2D eigenvalue weighted by Gasteiger charge is -2.11. The molecule has 0 unspecified atom stereocenters. The Bertz CT molecular complexity index is 1100. The molecule has 0 aliphatic heterocycles. The summed E-state index contributed by atoms with van der Waals surface area (Å²) < 4.78 is 15.2. The molecule has 0 atom stereocenters. The van der Waals surface area contributed by atoms with Crippen molar-refractivity contribution in [1.82, 2.24) is 14.5 Å². The Balaban J connectivity index is 1.73. The molecule has 1 aromatic heterocycles. The third-order valence-electron chi connectivity index (χ3n) is 4.44. The fourth-order valence-electron chi connectivity index (χ4n) is 2.81. The van der Waals surface area contributed by atoms with Gasteiger partial charge in [0.1, 0.15) is 12.4 Å². The Labute approximate surface area is 160 Å². The highest BCUT2D eigenvalue weighted by molar-refractivity contribution is 5.75. The average Bonchev–Trinajstić information content (AvgIpc) is 2.68. The lowest BCUT2D eigenvalue weighted by Crippen LogP contribution is -2.43. The van der Waals surface area contributed by atoms with Crippen molar-refractivity contribution in [2.45, 2.75) is 26.6 Å². The van der Waals surface area contributed by atoms with Gasteiger partial charge in [-0.15, -0.1) is 0 Å². The maximum atomic E-state index is 13.0. The molecule has 6 nitrogen and oxygen atoms in total. The summed E-state index contributed by atoms with van der Waals surface area (Å²) in [5, 5.41) is 2.73. The Morgan fingerprint density at radius 2 is 1.75 bits per heavy atom. The molecular formula is C21H20FN3O3. The van der Waals surface area contributed by atoms with Crippen LogP contribution < -0.4 is 16.6 Å². The van der Waals surface area contributed by atoms with Gasteiger partial charge >= 0.3 is 5.69 Å². The van der Waals surface area contributed by atoms with Gasteiger partial charge in [0.2, 0.25) is 5.91 Å². The predicted molar refractivity (Wildman–Crippen MR) is 103 cm³/mol. The average molecular weight is 381 g/mol. The number of hydrogen-bond donors (Lipinski definition) is 1. The van der Waals surface area contributed by atoms with Crippen molar-refractivity contribution < 1.29 is 9.18 Å². The van der Waals surface area contributed by atoms with E-state index in [0.29, 0.717) is 12.1 Å². The lowest BCUT2D eigenvalue weighted by atomic mass is 10.1. The van der Waals surface area contributed by atoms with E-state index in [-0.39, 0.29) is 18.9 Å². The number of nitrogens with zero attached hydrogens (tertiary/aromatic N) is 2. The lowest BCUT2D eigenvalue weighted by molar-refractivity contribution is -0.121. The third-order valence-corrected chi connectivity index (χ3v) is 4.44. The smallest absolute Gasteiger partial charge is 0.331 e. The molecule has 0 saturated carbocycles. The van der Waals surface area contributed by atoms with E-state index in [1.165, 1.54) is 29.0 Å². The molecule has 0 bridgehead atoms. The second-order valence-corrected chi connectivity index (χ2v) is 6.48. The van der Waals surface area contributed by atoms with Crippen LogP contribution in [0.25, 0.3) is 0 Å². The van der Waals surface area contributed by atoms with Crippen LogP contribution >= 0.6 is 0 Å². The number of rotatable bonds is 6. The van der Waals surface area contributed by atoms with E-state index in [9.17, 15) is 18.8 Å². The normalized spacial score (nSPS) is 10.6. The molecule has 2 aromatic carbocycles. The van der Waals surface area contributed by atoms with E-state index in [0.717, 1.165) is 15.7 Å². The first-order chi connectivity index (χ1) is 13.4. The van der Waals surface area contributed by atoms with Gasteiger partial charge in [0.15, 0.2) is 0 Å². The van der Waals surface area contributed by atoms with Crippen LogP contribution in [0.2, 0.25) is 0 Å². The van der Waals surface area contributed by atoms with E-state index in [4.69, 9.17) is 0 Å². The molecule has 28 heavy (non-hydrogen) atoms. The molecule has 0 radical (unpaired) electrons. The van der Waals surface area contributed by atoms with Crippen molar-refractivity contribution >= 4 is 5.91 Å². The van der Waals surface area contributed by atoms with E-state index in [1.807, 2.05) is 31.2 Å². The number of nitrogens with one attached hydrogen (secondary N) is 1. The number of aromatic nitrogens is 2. The number of hydrogen-bond acceptors (Lipinski definition) is 3. The van der Waals surface area contributed by atoms with Crippen molar-refractivity contribution in [1.29, 1.82) is 0 Å². The number of benzene rings is 2. The summed E-state index contributed by atoms with van der Waals surface area (Å²) in [6.07, 6.45) is 1.37. The van der Waals surface area contributed by atoms with Gasteiger partial charge in [-0.1, -0.05) is 36.4 Å². The molecule has 3 rings (SSSR count). The van der Waals surface area contributed by atoms with Crippen molar-refractivity contribution in [3.63, 3.8) is 0 Å². The van der Waals surface area contributed by atoms with E-state index < -0.39 is 17.2 Å². The van der Waals surface area contributed by atoms with Crippen LogP contribution in [0.4, 0.5) is 4.39 Å². The van der Waals surface area contributed by atoms with Gasteiger partial charge in [-0.2, -0.15) is 0 Å². The van der Waals surface area contributed by atoms with Crippen LogP contribution in [0.3, 0.4) is 0 Å². The molecular weight excluding hydrogens is 361 g/mol. The number of amides is 1. The Hall–Kier alpha value is -3.48. The van der Waals surface area contributed by atoms with Crippen LogP contribution in [0.1, 0.15) is 16.7 Å². The zero-order valence-electron chi connectivity index (χ0n) is 15.4. The van der Waals surface area contributed by atoms with E-state index >= 15 is 0 Å². The van der Waals surface area contributed by atoms with Crippen LogP contribution in [-0.4, -0.2) is 15.0 Å². The number of carbonyl (C=O) groups is 1. The Kier molecular flexibility index (Phi) is 5.84. The molecule has 0 saturated heterocycles. The van der Waals surface area contributed by atoms with Gasteiger partial charge in [0.25, 0.3) is 5.56 Å². The minimum absolute atomic E-state index is 0.171. The summed E-state index contributed by atoms with van der Waals surface area (Å²) in [7, 11) is 0. The SMILES string of the molecule is Cc1ccccc1CNC(=O)Cn1c(=O)ccn(Cc2ccc(F)cc2)c1=O. The second-order valence-electron chi connectivity index (χ2n) is 6.48. The van der Waals surface area contributed by atoms with Gasteiger partial charge in [-0.05, 0) is 35.7 Å². The molecule has 0 spiro atoms. The van der Waals surface area contributed by atoms with Gasteiger partial charge in [0.05, 0.1) is 6.54 Å². The summed E-state index contributed by atoms with van der Waals surface area (Å²) in [6.45, 7) is 2.06. The van der Waals surface area contributed by atoms with Gasteiger partial charge in [-0.3, -0.25) is 18.7 Å². The standard InChI is InChI=1S/C21H20FN3O3/c1-15-4-2-3-5-17(15)12-23-19(26)14-25-20(27)10-11-24(21(25)28)13-16-6-8-18(22)9-7-16/h2-11H,12-14H2,1H3,(H,23,26). The molecule has 0 fully saturated rings. The predicted octanol–water partition coefficient (Wildman–Crippen LogP) is 1.82. The summed E-state index contributed by atoms with van der Waals surface area (Å²) >= 11 is 0. The van der Waals surface area contributed by atoms with E-state index in [2.05, 4.69) is 5.32 Å². The second kappa shape index (κ2) is 8.47. The summed E-state index contributed by atoms with van der Waals surface area (Å²) in [4.78, 5) is 36.9. The highest BCUT2D eigenvalue weighted by Gasteiger charge is 2.11. The van der Waals surface area contributed by atoms with Crippen LogP contribution in [0.5, 0.6) is 0 Å². The molecule has 144 valence electrons. The fourth-order valence-corrected chi connectivity index (χ4v) is 2.81. The number of halogens is 1. The number of carbonyl (C=O) groups excluding carboxylic acids is 1. The van der Waals surface area contributed by atoms with E-state index in [1.54, 1.807) is 12.1 Å². The first-order valence-electron chi connectivity index (χ1n) is 8.80. The van der Waals surface area contributed by atoms with Crippen LogP contribution in [0.15, 0.2) is 70.4 Å². The maximum absolute atomic E-state index is 13.0. The van der Waals surface area contributed by atoms with Crippen molar-refractivity contribution in [2.24, 2.45) is 0 Å². The van der Waals surface area contributed by atoms with Crippen molar-refractivity contribution in [3.8, 4) is 0 Å². The Morgan fingerprint density at radius 1 is 1.04 bits per heavy atom. The van der Waals surface area contributed by atoms with Gasteiger partial charge < -0.3 is 5.32 Å². The van der Waals surface area contributed by atoms with Gasteiger partial charge in [-0.25, -0.2) is 9.18 Å². The fraction of sp³-hybridized carbons (Fsp3) is 0.190. The summed E-state index contributed by atoms with van der Waals surface area (Å²) in [5.41, 5.74) is 1.57. The number of aryl methyl sites for hydroxylation is 1. The minimum Gasteiger partial charge on any atom is -0.350 e. The minimum atomic E-state index is -0.595. The highest BCUT2D eigenvalue weighted by atomic mass is 19.1. The van der Waals surface area contributed by atoms with Crippen molar-refractivity contribution in [2.75, 3.05) is 0 Å². The molecule has 7 heteroatoms. The largest absolute Gasteiger partial charge is 0.350 e. The van der Waals surface area contributed by atoms with Crippen LogP contribution in [0, 0.1) is 12.7 Å². The molecule has 0 aliphatic rings. The molecule has 1 amide bonds. The zero-order chi connectivity index (χ0) is 20.1. The van der Waals surface area contributed by atoms with Crippen LogP contribution in [-0.2, 0) is 24.4 Å². The quantitative estimate of drug-likeness (QED) is 0.708. The topological polar surface area (TPSA) is 73.1 Å². The first-order valence-corrected chi connectivity index (χ1v) is 8.80. The molecule has 1 heterocycles. The zero-order valence-corrected chi connectivity index (χ0v) is 15.4. The summed E-state index contributed by atoms with van der Waals surface area (Å²) in [6, 6.07) is 14.6. The monoisotopic (exact) mass is 381 g/mol. The third kappa shape index (κ3) is 4.62. The molecule has 0 aliphatic carbocycles.